The molecule has 126 valence electrons. The maximum Gasteiger partial charge on any atom is 0.317 e. The predicted octanol–water partition coefficient (Wildman–Crippen LogP) is 2.18. The quantitative estimate of drug-likeness (QED) is 0.300. The fourth-order valence-electron chi connectivity index (χ4n) is 1.90. The summed E-state index contributed by atoms with van der Waals surface area (Å²) in [4.78, 5) is 23.0. The lowest BCUT2D eigenvalue weighted by molar-refractivity contribution is -0.141. The van der Waals surface area contributed by atoms with E-state index in [1.54, 1.807) is 19.3 Å². The van der Waals surface area contributed by atoms with Crippen LogP contribution in [0.3, 0.4) is 0 Å². The van der Waals surface area contributed by atoms with E-state index in [0.29, 0.717) is 6.61 Å². The number of rotatable bonds is 9. The van der Waals surface area contributed by atoms with Crippen LogP contribution in [-0.2, 0) is 35.1 Å². The Balaban J connectivity index is 2.78. The molecule has 0 amide bonds. The Labute approximate surface area is 136 Å². The van der Waals surface area contributed by atoms with E-state index in [1.165, 1.54) is 14.2 Å². The van der Waals surface area contributed by atoms with E-state index in [1.807, 2.05) is 24.3 Å². The van der Waals surface area contributed by atoms with Gasteiger partial charge in [-0.1, -0.05) is 36.4 Å². The first kappa shape index (κ1) is 18.9. The van der Waals surface area contributed by atoms with Crippen molar-refractivity contribution in [3.63, 3.8) is 0 Å². The zero-order chi connectivity index (χ0) is 17.1. The van der Waals surface area contributed by atoms with Gasteiger partial charge in [-0.2, -0.15) is 0 Å². The summed E-state index contributed by atoms with van der Waals surface area (Å²) in [6.45, 7) is 0.651. The largest absolute Gasteiger partial charge is 0.469 e. The second-order valence-corrected chi connectivity index (χ2v) is 4.71. The van der Waals surface area contributed by atoms with Gasteiger partial charge in [-0.15, -0.1) is 0 Å². The van der Waals surface area contributed by atoms with Crippen molar-refractivity contribution >= 4 is 11.9 Å². The molecule has 0 aliphatic carbocycles. The van der Waals surface area contributed by atoms with Crippen molar-refractivity contribution < 1.29 is 28.5 Å². The molecule has 1 rings (SSSR count). The van der Waals surface area contributed by atoms with Gasteiger partial charge in [0.05, 0.1) is 33.2 Å². The molecule has 0 aromatic heterocycles. The highest BCUT2D eigenvalue weighted by molar-refractivity contribution is 5.80. The lowest BCUT2D eigenvalue weighted by Gasteiger charge is -2.12. The molecule has 1 atom stereocenters. The van der Waals surface area contributed by atoms with Crippen LogP contribution in [0, 0.1) is 0 Å². The summed E-state index contributed by atoms with van der Waals surface area (Å²) >= 11 is 0. The van der Waals surface area contributed by atoms with Gasteiger partial charge in [0, 0.05) is 7.11 Å². The highest BCUT2D eigenvalue weighted by Gasteiger charge is 2.18. The Hall–Kier alpha value is -2.18. The van der Waals surface area contributed by atoms with E-state index in [0.717, 1.165) is 11.1 Å². The van der Waals surface area contributed by atoms with E-state index in [4.69, 9.17) is 14.2 Å². The summed E-state index contributed by atoms with van der Waals surface area (Å²) in [5.74, 6) is -1.33. The lowest BCUT2D eigenvalue weighted by Crippen LogP contribution is -2.12. The maximum absolute atomic E-state index is 11.9. The molecule has 0 fully saturated rings. The zero-order valence-corrected chi connectivity index (χ0v) is 13.6. The third-order valence-electron chi connectivity index (χ3n) is 3.10. The van der Waals surface area contributed by atoms with Gasteiger partial charge < -0.3 is 18.9 Å². The van der Waals surface area contributed by atoms with Gasteiger partial charge in [0.25, 0.3) is 0 Å². The van der Waals surface area contributed by atoms with Crippen LogP contribution in [0.5, 0.6) is 0 Å². The molecular weight excluding hydrogens is 300 g/mol. The number of hydrogen-bond acceptors (Lipinski definition) is 6. The normalized spacial score (nSPS) is 12.1. The van der Waals surface area contributed by atoms with E-state index in [9.17, 15) is 9.59 Å². The van der Waals surface area contributed by atoms with E-state index in [2.05, 4.69) is 4.74 Å². The highest BCUT2D eigenvalue weighted by Crippen LogP contribution is 2.20. The van der Waals surface area contributed by atoms with Crippen LogP contribution in [0.4, 0.5) is 0 Å². The molecule has 0 N–H and O–H groups in total. The first-order valence-electron chi connectivity index (χ1n) is 7.09. The highest BCUT2D eigenvalue weighted by atomic mass is 16.7. The van der Waals surface area contributed by atoms with Crippen LogP contribution in [-0.4, -0.2) is 40.1 Å². The van der Waals surface area contributed by atoms with Crippen LogP contribution in [0.1, 0.15) is 23.5 Å². The first-order valence-corrected chi connectivity index (χ1v) is 7.09. The van der Waals surface area contributed by atoms with Gasteiger partial charge in [0.2, 0.25) is 0 Å². The zero-order valence-electron chi connectivity index (χ0n) is 13.6. The molecule has 0 saturated heterocycles. The smallest absolute Gasteiger partial charge is 0.317 e. The van der Waals surface area contributed by atoms with Gasteiger partial charge in [0.15, 0.2) is 0 Å². The average Bonchev–Trinajstić information content (AvgIpc) is 2.59. The fraction of sp³-hybridized carbons (Fsp3) is 0.412. The van der Waals surface area contributed by atoms with Crippen molar-refractivity contribution in [3.8, 4) is 0 Å². The van der Waals surface area contributed by atoms with Crippen LogP contribution >= 0.6 is 0 Å². The average molecular weight is 322 g/mol. The number of carbonyl (C=O) groups excluding carboxylic acids is 2. The van der Waals surface area contributed by atoms with Gasteiger partial charge in [0.1, 0.15) is 6.79 Å². The number of benzene rings is 1. The molecule has 0 heterocycles. The monoisotopic (exact) mass is 322 g/mol. The molecular formula is C17H22O6. The van der Waals surface area contributed by atoms with E-state index >= 15 is 0 Å². The molecule has 6 nitrogen and oxygen atoms in total. The molecule has 0 spiro atoms. The molecule has 0 saturated carbocycles. The minimum atomic E-state index is -0.571. The Kier molecular flexibility index (Phi) is 8.64. The Morgan fingerprint density at radius 1 is 1.09 bits per heavy atom. The molecule has 1 aromatic rings. The molecule has 1 aromatic carbocycles. The summed E-state index contributed by atoms with van der Waals surface area (Å²) in [6.07, 6.45) is 3.34. The molecule has 0 aliphatic rings. The van der Waals surface area contributed by atoms with Crippen molar-refractivity contribution in [1.82, 2.24) is 0 Å². The molecule has 6 heteroatoms. The minimum absolute atomic E-state index is 0.104. The number of esters is 2. The van der Waals surface area contributed by atoms with Crippen molar-refractivity contribution in [3.05, 3.63) is 47.5 Å². The molecule has 0 aliphatic heterocycles. The number of carbonyl (C=O) groups is 2. The molecule has 0 radical (unpaired) electrons. The van der Waals surface area contributed by atoms with Crippen LogP contribution < -0.4 is 0 Å². The molecule has 1 unspecified atom stereocenters. The second kappa shape index (κ2) is 10.5. The standard InChI is InChI=1S/C17H22O6/c1-20-12-23-11-13-7-9-14(10-8-13)15(17(19)22-3)5-4-6-16(18)21-2/h4-5,7-10,15H,6,11-12H2,1-3H3/b5-4-. The van der Waals surface area contributed by atoms with Crippen molar-refractivity contribution in [1.29, 1.82) is 0 Å². The van der Waals surface area contributed by atoms with Gasteiger partial charge in [-0.25, -0.2) is 0 Å². The van der Waals surface area contributed by atoms with Crippen LogP contribution in [0.15, 0.2) is 36.4 Å². The van der Waals surface area contributed by atoms with Gasteiger partial charge in [-0.3, -0.25) is 9.59 Å². The summed E-state index contributed by atoms with van der Waals surface area (Å²) in [6, 6.07) is 7.40. The van der Waals surface area contributed by atoms with Crippen molar-refractivity contribution in [2.75, 3.05) is 28.1 Å². The summed E-state index contributed by atoms with van der Waals surface area (Å²) in [5.41, 5.74) is 1.74. The van der Waals surface area contributed by atoms with Crippen LogP contribution in [0.2, 0.25) is 0 Å². The van der Waals surface area contributed by atoms with E-state index < -0.39 is 11.9 Å². The summed E-state index contributed by atoms with van der Waals surface area (Å²) < 4.78 is 19.4. The van der Waals surface area contributed by atoms with E-state index in [-0.39, 0.29) is 19.2 Å². The van der Waals surface area contributed by atoms with Crippen molar-refractivity contribution in [2.24, 2.45) is 0 Å². The van der Waals surface area contributed by atoms with Gasteiger partial charge >= 0.3 is 11.9 Å². The Morgan fingerprint density at radius 2 is 1.78 bits per heavy atom. The third kappa shape index (κ3) is 6.63. The minimum Gasteiger partial charge on any atom is -0.469 e. The number of ether oxygens (including phenoxy) is 4. The SMILES string of the molecule is COCOCc1ccc(C(/C=C\CC(=O)OC)C(=O)OC)cc1. The van der Waals surface area contributed by atoms with Crippen molar-refractivity contribution in [2.45, 2.75) is 18.9 Å². The molecule has 23 heavy (non-hydrogen) atoms. The summed E-state index contributed by atoms with van der Waals surface area (Å²) in [7, 11) is 4.21. The topological polar surface area (TPSA) is 71.1 Å². The number of hydrogen-bond donors (Lipinski definition) is 0. The Morgan fingerprint density at radius 3 is 2.35 bits per heavy atom. The summed E-state index contributed by atoms with van der Waals surface area (Å²) in [5, 5.41) is 0. The third-order valence-corrected chi connectivity index (χ3v) is 3.10. The fourth-order valence-corrected chi connectivity index (χ4v) is 1.90. The lowest BCUT2D eigenvalue weighted by atomic mass is 9.97. The van der Waals surface area contributed by atoms with Gasteiger partial charge in [-0.05, 0) is 11.1 Å². The number of methoxy groups -OCH3 is 3. The predicted molar refractivity (Wildman–Crippen MR) is 83.6 cm³/mol. The molecule has 0 bridgehead atoms. The van der Waals surface area contributed by atoms with Crippen LogP contribution in [0.25, 0.3) is 0 Å². The maximum atomic E-state index is 11.9. The first-order chi connectivity index (χ1) is 11.1. The second-order valence-electron chi connectivity index (χ2n) is 4.71. The Bertz CT molecular complexity index is 520.